The molecule has 3 nitrogen and oxygen atoms in total. The molecule has 0 spiro atoms. The Hall–Kier alpha value is -1.48. The molecule has 19 heavy (non-hydrogen) atoms. The van der Waals surface area contributed by atoms with Crippen molar-refractivity contribution in [3.8, 4) is 0 Å². The van der Waals surface area contributed by atoms with E-state index < -0.39 is 0 Å². The van der Waals surface area contributed by atoms with E-state index in [0.717, 1.165) is 18.8 Å². The van der Waals surface area contributed by atoms with Gasteiger partial charge in [-0.05, 0) is 31.4 Å². The van der Waals surface area contributed by atoms with Crippen LogP contribution in [0, 0.1) is 0 Å². The highest BCUT2D eigenvalue weighted by Gasteiger charge is 2.15. The Bertz CT molecular complexity index is 565. The number of nitrogens with two attached hydrogens (primary N) is 1. The fourth-order valence-electron chi connectivity index (χ4n) is 3.24. The van der Waals surface area contributed by atoms with E-state index in [1.807, 2.05) is 6.07 Å². The highest BCUT2D eigenvalue weighted by molar-refractivity contribution is 5.93. The number of aryl methyl sites for hydroxylation is 1. The van der Waals surface area contributed by atoms with Gasteiger partial charge in [-0.1, -0.05) is 25.0 Å². The molecule has 0 unspecified atom stereocenters. The molecule has 0 bridgehead atoms. The molecule has 0 aliphatic heterocycles. The summed E-state index contributed by atoms with van der Waals surface area (Å²) >= 11 is 0. The van der Waals surface area contributed by atoms with Crippen LogP contribution < -0.4 is 11.1 Å². The molecule has 1 fully saturated rings. The van der Waals surface area contributed by atoms with Gasteiger partial charge in [0.2, 0.25) is 0 Å². The summed E-state index contributed by atoms with van der Waals surface area (Å²) < 4.78 is 2.26. The quantitative estimate of drug-likeness (QED) is 0.825. The summed E-state index contributed by atoms with van der Waals surface area (Å²) in [5, 5.41) is 4.99. The monoisotopic (exact) mass is 257 g/mol. The summed E-state index contributed by atoms with van der Waals surface area (Å²) in [4.78, 5) is 0. The maximum atomic E-state index is 6.12. The summed E-state index contributed by atoms with van der Waals surface area (Å²) in [6.45, 7) is 4.09. The minimum absolute atomic E-state index is 0.709. The van der Waals surface area contributed by atoms with Crippen molar-refractivity contribution in [3.63, 3.8) is 0 Å². The van der Waals surface area contributed by atoms with Gasteiger partial charge in [-0.25, -0.2) is 0 Å². The Kier molecular flexibility index (Phi) is 3.47. The van der Waals surface area contributed by atoms with Gasteiger partial charge >= 0.3 is 0 Å². The molecule has 1 saturated carbocycles. The lowest BCUT2D eigenvalue weighted by Crippen LogP contribution is -2.25. The third kappa shape index (κ3) is 2.35. The zero-order chi connectivity index (χ0) is 13.2. The molecular weight excluding hydrogens is 234 g/mol. The molecule has 2 aromatic rings. The van der Waals surface area contributed by atoms with E-state index in [-0.39, 0.29) is 0 Å². The second-order valence-corrected chi connectivity index (χ2v) is 5.55. The lowest BCUT2D eigenvalue weighted by Gasteiger charge is -2.10. The van der Waals surface area contributed by atoms with Crippen LogP contribution >= 0.6 is 0 Å². The molecule has 1 aliphatic rings. The zero-order valence-electron chi connectivity index (χ0n) is 11.7. The minimum Gasteiger partial charge on any atom is -0.397 e. The largest absolute Gasteiger partial charge is 0.397 e. The van der Waals surface area contributed by atoms with Gasteiger partial charge in [0.25, 0.3) is 0 Å². The van der Waals surface area contributed by atoms with Crippen molar-refractivity contribution in [1.29, 1.82) is 0 Å². The second-order valence-electron chi connectivity index (χ2n) is 5.55. The first-order chi connectivity index (χ1) is 9.29. The van der Waals surface area contributed by atoms with Crippen LogP contribution in [0.5, 0.6) is 0 Å². The van der Waals surface area contributed by atoms with E-state index in [4.69, 9.17) is 5.73 Å². The van der Waals surface area contributed by atoms with Crippen molar-refractivity contribution in [2.45, 2.75) is 51.7 Å². The predicted octanol–water partition coefficient (Wildman–Crippen LogP) is 3.28. The van der Waals surface area contributed by atoms with Crippen molar-refractivity contribution in [2.24, 2.45) is 0 Å². The first-order valence-electron chi connectivity index (χ1n) is 7.39. The number of rotatable bonds is 4. The highest BCUT2D eigenvalue weighted by atomic mass is 15.0. The Labute approximate surface area is 114 Å². The van der Waals surface area contributed by atoms with Gasteiger partial charge in [-0.2, -0.15) is 0 Å². The fraction of sp³-hybridized carbons (Fsp3) is 0.500. The van der Waals surface area contributed by atoms with E-state index in [2.05, 4.69) is 35.1 Å². The molecule has 0 amide bonds. The van der Waals surface area contributed by atoms with E-state index >= 15 is 0 Å². The maximum Gasteiger partial charge on any atom is 0.0717 e. The van der Waals surface area contributed by atoms with E-state index in [9.17, 15) is 0 Å². The van der Waals surface area contributed by atoms with Gasteiger partial charge in [0.05, 0.1) is 11.2 Å². The predicted molar refractivity (Wildman–Crippen MR) is 81.1 cm³/mol. The summed E-state index contributed by atoms with van der Waals surface area (Å²) in [6, 6.07) is 6.93. The zero-order valence-corrected chi connectivity index (χ0v) is 11.7. The van der Waals surface area contributed by atoms with Crippen molar-refractivity contribution in [2.75, 3.05) is 5.73 Å². The molecule has 3 N–H and O–H groups in total. The molecule has 3 rings (SSSR count). The molecule has 3 heteroatoms. The van der Waals surface area contributed by atoms with Gasteiger partial charge in [0, 0.05) is 30.7 Å². The van der Waals surface area contributed by atoms with Crippen LogP contribution in [0.25, 0.3) is 10.9 Å². The van der Waals surface area contributed by atoms with Crippen molar-refractivity contribution in [1.82, 2.24) is 9.88 Å². The normalized spacial score (nSPS) is 16.5. The highest BCUT2D eigenvalue weighted by Crippen LogP contribution is 2.27. The van der Waals surface area contributed by atoms with Crippen molar-refractivity contribution >= 4 is 16.6 Å². The summed E-state index contributed by atoms with van der Waals surface area (Å²) in [6.07, 6.45) is 7.66. The number of aromatic nitrogens is 1. The van der Waals surface area contributed by atoms with Gasteiger partial charge < -0.3 is 15.6 Å². The molecule has 102 valence electrons. The Morgan fingerprint density at radius 1 is 1.32 bits per heavy atom. The molecule has 1 aromatic carbocycles. The van der Waals surface area contributed by atoms with Gasteiger partial charge in [-0.3, -0.25) is 0 Å². The minimum atomic E-state index is 0.709. The molecule has 1 aromatic heterocycles. The van der Waals surface area contributed by atoms with Gasteiger partial charge in [-0.15, -0.1) is 0 Å². The number of nitrogens with zero attached hydrogens (tertiary/aromatic N) is 1. The van der Waals surface area contributed by atoms with Gasteiger partial charge in [0.15, 0.2) is 0 Å². The first-order valence-corrected chi connectivity index (χ1v) is 7.39. The first kappa shape index (κ1) is 12.5. The third-order valence-electron chi connectivity index (χ3n) is 4.29. The topological polar surface area (TPSA) is 43.0 Å². The average molecular weight is 257 g/mol. The number of hydrogen-bond donors (Lipinski definition) is 2. The molecular formula is C16H23N3. The van der Waals surface area contributed by atoms with Crippen molar-refractivity contribution < 1.29 is 0 Å². The van der Waals surface area contributed by atoms with E-state index in [1.165, 1.54) is 42.1 Å². The molecule has 0 atom stereocenters. The standard InChI is InChI=1S/C16H23N3/c1-2-19-11-12(10-18-13-6-3-4-7-13)14-8-5-9-15(17)16(14)19/h5,8-9,11,13,18H,2-4,6-7,10,17H2,1H3. The van der Waals surface area contributed by atoms with Crippen LogP contribution in [0.15, 0.2) is 24.4 Å². The smallest absolute Gasteiger partial charge is 0.0717 e. The summed E-state index contributed by atoms with van der Waals surface area (Å²) in [7, 11) is 0. The maximum absolute atomic E-state index is 6.12. The van der Waals surface area contributed by atoms with Crippen molar-refractivity contribution in [3.05, 3.63) is 30.0 Å². The van der Waals surface area contributed by atoms with Crippen LogP contribution in [0.3, 0.4) is 0 Å². The number of nitrogens with one attached hydrogen (secondary N) is 1. The lowest BCUT2D eigenvalue weighted by molar-refractivity contribution is 0.525. The van der Waals surface area contributed by atoms with Crippen LogP contribution in [-0.4, -0.2) is 10.6 Å². The van der Waals surface area contributed by atoms with Crippen LogP contribution in [0.4, 0.5) is 5.69 Å². The SMILES string of the molecule is CCn1cc(CNC2CCCC2)c2cccc(N)c21. The number of fused-ring (bicyclic) bond motifs is 1. The van der Waals surface area contributed by atoms with Crippen LogP contribution in [-0.2, 0) is 13.1 Å². The van der Waals surface area contributed by atoms with Gasteiger partial charge in [0.1, 0.15) is 0 Å². The van der Waals surface area contributed by atoms with E-state index in [1.54, 1.807) is 0 Å². The number of benzene rings is 1. The fourth-order valence-corrected chi connectivity index (χ4v) is 3.24. The summed E-state index contributed by atoms with van der Waals surface area (Å²) in [5.41, 5.74) is 9.56. The molecule has 1 heterocycles. The molecule has 0 radical (unpaired) electrons. The number of hydrogen-bond acceptors (Lipinski definition) is 2. The van der Waals surface area contributed by atoms with Crippen LogP contribution in [0.1, 0.15) is 38.2 Å². The Balaban J connectivity index is 1.88. The Morgan fingerprint density at radius 2 is 2.11 bits per heavy atom. The van der Waals surface area contributed by atoms with E-state index in [0.29, 0.717) is 6.04 Å². The number of anilines is 1. The second kappa shape index (κ2) is 5.25. The Morgan fingerprint density at radius 3 is 2.84 bits per heavy atom. The lowest BCUT2D eigenvalue weighted by atomic mass is 10.1. The molecule has 0 saturated heterocycles. The molecule has 1 aliphatic carbocycles. The summed E-state index contributed by atoms with van der Waals surface area (Å²) in [5.74, 6) is 0. The number of para-hydroxylation sites is 1. The van der Waals surface area contributed by atoms with Crippen LogP contribution in [0.2, 0.25) is 0 Å². The number of nitrogen functional groups attached to an aromatic ring is 1. The third-order valence-corrected chi connectivity index (χ3v) is 4.29. The average Bonchev–Trinajstić information content (AvgIpc) is 3.04.